The smallest absolute Gasteiger partial charge is 0.313 e. The molecule has 18 heteroatoms. The molecule has 60 heavy (non-hydrogen) atoms. The number of aromatic nitrogens is 6. The number of ether oxygens (including phenoxy) is 2. The third-order valence-corrected chi connectivity index (χ3v) is 10.3. The topological polar surface area (TPSA) is 143 Å². The van der Waals surface area contributed by atoms with Crippen molar-refractivity contribution in [3.63, 3.8) is 0 Å². The van der Waals surface area contributed by atoms with Gasteiger partial charge in [-0.05, 0) is 47.5 Å². The molecule has 0 aliphatic carbocycles. The molecule has 0 aliphatic rings. The van der Waals surface area contributed by atoms with E-state index in [1.54, 1.807) is 25.3 Å². The fourth-order valence-electron chi connectivity index (χ4n) is 5.57. The van der Waals surface area contributed by atoms with Crippen molar-refractivity contribution in [2.45, 2.75) is 21.8 Å². The minimum absolute atomic E-state index is 0.125. The average molecular weight is 853 g/mol. The van der Waals surface area contributed by atoms with Crippen LogP contribution in [0.3, 0.4) is 0 Å². The second-order valence-electron chi connectivity index (χ2n) is 12.9. The summed E-state index contributed by atoms with van der Waals surface area (Å²) >= 11 is 2.86. The van der Waals surface area contributed by atoms with Gasteiger partial charge in [0.1, 0.15) is 11.6 Å². The van der Waals surface area contributed by atoms with E-state index in [9.17, 15) is 27.2 Å². The second-order valence-corrected chi connectivity index (χ2v) is 14.8. The molecule has 0 atom stereocenters. The van der Waals surface area contributed by atoms with Gasteiger partial charge in [0.15, 0.2) is 56.2 Å². The van der Waals surface area contributed by atoms with Crippen molar-refractivity contribution in [3.05, 3.63) is 177 Å². The molecule has 2 N–H and O–H groups in total. The Balaban J connectivity index is 0.000000182. The van der Waals surface area contributed by atoms with E-state index in [-0.39, 0.29) is 28.6 Å². The van der Waals surface area contributed by atoms with Gasteiger partial charge in [0.2, 0.25) is 0 Å². The van der Waals surface area contributed by atoms with Crippen molar-refractivity contribution < 1.29 is 27.0 Å². The third kappa shape index (κ3) is 9.67. The van der Waals surface area contributed by atoms with Gasteiger partial charge in [-0.25, -0.2) is 42.2 Å². The van der Waals surface area contributed by atoms with Gasteiger partial charge < -0.3 is 20.3 Å². The largest absolute Gasteiger partial charge is 0.448 e. The number of hydrogen-bond acceptors (Lipinski definition) is 12. The molecule has 0 saturated carbocycles. The summed E-state index contributed by atoms with van der Waals surface area (Å²) in [7, 11) is 3.37. The van der Waals surface area contributed by atoms with E-state index in [1.807, 2.05) is 60.7 Å². The molecule has 0 aliphatic heterocycles. The molecular weight excluding hydrogens is 821 g/mol. The highest BCUT2D eigenvalue weighted by atomic mass is 32.2. The SMILES string of the molecule is CN(C)n1c(=O)c(Oc2ccc(F)cc2F)cc2cnc(SCc3ccccc3)nc21.Nn1c(=O)c(Oc2ccc(F)cc2F)cc2cnc(SCc3ccccc3)nc21. The Morgan fingerprint density at radius 1 is 0.600 bits per heavy atom. The molecule has 4 heterocycles. The number of nitrogens with zero attached hydrogens (tertiary/aromatic N) is 7. The lowest BCUT2D eigenvalue weighted by Crippen LogP contribution is -2.37. The molecular formula is C42H32F4N8O4S2. The van der Waals surface area contributed by atoms with E-state index < -0.39 is 34.4 Å². The molecule has 4 aromatic heterocycles. The summed E-state index contributed by atoms with van der Waals surface area (Å²) < 4.78 is 67.0. The second kappa shape index (κ2) is 18.3. The van der Waals surface area contributed by atoms with Crippen LogP contribution in [0, 0.1) is 23.3 Å². The van der Waals surface area contributed by atoms with Crippen LogP contribution >= 0.6 is 23.5 Å². The normalized spacial score (nSPS) is 11.0. The van der Waals surface area contributed by atoms with Gasteiger partial charge in [-0.15, -0.1) is 0 Å². The summed E-state index contributed by atoms with van der Waals surface area (Å²) in [5, 5.41) is 3.50. The number of nitrogen functional groups attached to an aromatic ring is 1. The fraction of sp³-hybridized carbons (Fsp3) is 0.0952. The molecule has 0 unspecified atom stereocenters. The first-order valence-electron chi connectivity index (χ1n) is 17.8. The van der Waals surface area contributed by atoms with Gasteiger partial charge in [0.25, 0.3) is 0 Å². The van der Waals surface area contributed by atoms with E-state index in [0.717, 1.165) is 40.1 Å². The van der Waals surface area contributed by atoms with Crippen molar-refractivity contribution in [2.24, 2.45) is 0 Å². The van der Waals surface area contributed by atoms with E-state index in [0.29, 0.717) is 50.4 Å². The predicted octanol–water partition coefficient (Wildman–Crippen LogP) is 8.22. The highest BCUT2D eigenvalue weighted by Crippen LogP contribution is 2.28. The molecule has 0 fully saturated rings. The lowest BCUT2D eigenvalue weighted by Gasteiger charge is -2.19. The maximum absolute atomic E-state index is 14.0. The zero-order valence-corrected chi connectivity index (χ0v) is 33.3. The van der Waals surface area contributed by atoms with Crippen molar-refractivity contribution in [1.29, 1.82) is 0 Å². The van der Waals surface area contributed by atoms with Crippen LogP contribution in [0.1, 0.15) is 11.1 Å². The fourth-order valence-corrected chi connectivity index (χ4v) is 7.11. The van der Waals surface area contributed by atoms with Crippen molar-refractivity contribution in [1.82, 2.24) is 29.3 Å². The quantitative estimate of drug-likeness (QED) is 0.0580. The monoisotopic (exact) mass is 852 g/mol. The number of hydrogen-bond donors (Lipinski definition) is 1. The van der Waals surface area contributed by atoms with Crippen LogP contribution in [0.2, 0.25) is 0 Å². The molecule has 0 bridgehead atoms. The number of pyridine rings is 2. The first-order chi connectivity index (χ1) is 28.9. The lowest BCUT2D eigenvalue weighted by molar-refractivity contribution is 0.428. The molecule has 8 rings (SSSR count). The number of thioether (sulfide) groups is 2. The number of halogens is 4. The van der Waals surface area contributed by atoms with E-state index in [4.69, 9.17) is 15.3 Å². The van der Waals surface area contributed by atoms with Crippen LogP contribution in [0.4, 0.5) is 17.6 Å². The summed E-state index contributed by atoms with van der Waals surface area (Å²) in [6.07, 6.45) is 3.09. The zero-order valence-electron chi connectivity index (χ0n) is 31.6. The van der Waals surface area contributed by atoms with Crippen LogP contribution < -0.4 is 31.4 Å². The van der Waals surface area contributed by atoms with Gasteiger partial charge >= 0.3 is 11.1 Å². The Hall–Kier alpha value is -6.92. The van der Waals surface area contributed by atoms with Gasteiger partial charge in [-0.2, -0.15) is 4.68 Å². The first kappa shape index (κ1) is 41.2. The van der Waals surface area contributed by atoms with Gasteiger partial charge in [0.05, 0.1) is 0 Å². The van der Waals surface area contributed by atoms with E-state index >= 15 is 0 Å². The van der Waals surface area contributed by atoms with Crippen LogP contribution in [0.5, 0.6) is 23.0 Å². The Morgan fingerprint density at radius 2 is 1.05 bits per heavy atom. The summed E-state index contributed by atoms with van der Waals surface area (Å²) in [6.45, 7) is 0. The third-order valence-electron chi connectivity index (χ3n) is 8.43. The number of benzene rings is 4. The Bertz CT molecular complexity index is 2940. The van der Waals surface area contributed by atoms with E-state index in [2.05, 4.69) is 19.9 Å². The van der Waals surface area contributed by atoms with Gasteiger partial charge in [-0.3, -0.25) is 9.59 Å². The van der Waals surface area contributed by atoms with Gasteiger partial charge in [-0.1, -0.05) is 84.2 Å². The predicted molar refractivity (Wildman–Crippen MR) is 223 cm³/mol. The number of fused-ring (bicyclic) bond motifs is 2. The molecule has 4 aromatic carbocycles. The molecule has 8 aromatic rings. The highest BCUT2D eigenvalue weighted by molar-refractivity contribution is 7.98. The summed E-state index contributed by atoms with van der Waals surface area (Å²) in [4.78, 5) is 43.1. The molecule has 0 radical (unpaired) electrons. The summed E-state index contributed by atoms with van der Waals surface area (Å²) in [5.41, 5.74) is 1.61. The molecule has 304 valence electrons. The zero-order chi connectivity index (χ0) is 42.3. The van der Waals surface area contributed by atoms with Crippen molar-refractivity contribution in [3.8, 4) is 23.0 Å². The highest BCUT2D eigenvalue weighted by Gasteiger charge is 2.18. The lowest BCUT2D eigenvalue weighted by atomic mass is 10.2. The maximum Gasteiger partial charge on any atom is 0.313 e. The Morgan fingerprint density at radius 3 is 1.52 bits per heavy atom. The maximum atomic E-state index is 14.0. The molecule has 0 amide bonds. The first-order valence-corrected chi connectivity index (χ1v) is 19.8. The number of rotatable bonds is 11. The summed E-state index contributed by atoms with van der Waals surface area (Å²) in [5.74, 6) is 3.01. The molecule has 0 spiro atoms. The molecule has 12 nitrogen and oxygen atoms in total. The van der Waals surface area contributed by atoms with Crippen LogP contribution in [-0.2, 0) is 11.5 Å². The van der Waals surface area contributed by atoms with Crippen LogP contribution in [-0.4, -0.2) is 43.4 Å². The van der Waals surface area contributed by atoms with Crippen molar-refractivity contribution >= 4 is 45.6 Å². The molecule has 0 saturated heterocycles. The van der Waals surface area contributed by atoms with Crippen LogP contribution in [0.15, 0.2) is 141 Å². The summed E-state index contributed by atoms with van der Waals surface area (Å²) in [6, 6.07) is 28.2. The minimum Gasteiger partial charge on any atom is -0.448 e. The van der Waals surface area contributed by atoms with Crippen molar-refractivity contribution in [2.75, 3.05) is 24.9 Å². The van der Waals surface area contributed by atoms with Gasteiger partial charge in [0, 0.05) is 60.9 Å². The minimum atomic E-state index is -0.933. The Labute approximate surface area is 347 Å². The number of nitrogens with two attached hydrogens (primary N) is 1. The standard InChI is InChI=1S/C22H18F2N4O2S.C20H14F2N4O2S/c1-27(2)28-20-15(12-25-22(26-20)31-13-14-6-4-3-5-7-14)10-19(21(28)29)30-18-9-8-16(23)11-17(18)24;21-14-6-7-16(15(22)9-14)28-17-8-13-10-24-20(25-18(13)26(23)19(17)27)29-11-12-4-2-1-3-5-12/h3-12H,13H2,1-2H3;1-10H,11,23H2. The Kier molecular flexibility index (Phi) is 12.6. The van der Waals surface area contributed by atoms with Crippen LogP contribution in [0.25, 0.3) is 22.1 Å². The van der Waals surface area contributed by atoms with E-state index in [1.165, 1.54) is 46.5 Å². The average Bonchev–Trinajstić information content (AvgIpc) is 3.24.